The maximum atomic E-state index is 5.44. The zero-order valence-electron chi connectivity index (χ0n) is 8.56. The monoisotopic (exact) mass is 244 g/mol. The number of halogens is 1. The van der Waals surface area contributed by atoms with E-state index in [4.69, 9.17) is 4.74 Å². The highest BCUT2D eigenvalue weighted by Crippen LogP contribution is 2.33. The van der Waals surface area contributed by atoms with E-state index in [9.17, 15) is 0 Å². The van der Waals surface area contributed by atoms with Gasteiger partial charge >= 0.3 is 0 Å². The molecule has 0 aromatic heterocycles. The first-order valence-corrected chi connectivity index (χ1v) is 5.46. The maximum Gasteiger partial charge on any atom is 0.108 e. The van der Waals surface area contributed by atoms with Gasteiger partial charge in [-0.15, -0.1) is 0 Å². The van der Waals surface area contributed by atoms with E-state index >= 15 is 0 Å². The Balaban J connectivity index is 2.38. The van der Waals surface area contributed by atoms with Crippen LogP contribution in [0.25, 0.3) is 0 Å². The zero-order chi connectivity index (χ0) is 10.0. The zero-order valence-corrected chi connectivity index (χ0v) is 10.1. The Morgan fingerprint density at radius 2 is 2.23 bits per heavy atom. The second-order valence-electron chi connectivity index (χ2n) is 3.99. The van der Waals surface area contributed by atoms with Crippen LogP contribution in [0.4, 0.5) is 0 Å². The summed E-state index contributed by atoms with van der Waals surface area (Å²) in [6.07, 6.45) is 2.49. The summed E-state index contributed by atoms with van der Waals surface area (Å²) in [6.45, 7) is 10.2. The summed E-state index contributed by atoms with van der Waals surface area (Å²) in [5.41, 5.74) is 1.35. The molecule has 0 N–H and O–H groups in total. The van der Waals surface area contributed by atoms with Gasteiger partial charge in [0.2, 0.25) is 0 Å². The van der Waals surface area contributed by atoms with Crippen molar-refractivity contribution >= 4 is 15.9 Å². The molecule has 1 rings (SSSR count). The quantitative estimate of drug-likeness (QED) is 0.730. The third-order valence-electron chi connectivity index (χ3n) is 2.43. The molecule has 1 aliphatic rings. The first-order chi connectivity index (χ1) is 6.00. The Hall–Kier alpha value is -0.240. The van der Waals surface area contributed by atoms with Crippen molar-refractivity contribution in [1.82, 2.24) is 0 Å². The highest BCUT2D eigenvalue weighted by molar-refractivity contribution is 9.11. The molecule has 0 bridgehead atoms. The van der Waals surface area contributed by atoms with E-state index in [-0.39, 0.29) is 0 Å². The third-order valence-corrected chi connectivity index (χ3v) is 3.54. The first kappa shape index (κ1) is 10.8. The molecule has 0 aromatic rings. The summed E-state index contributed by atoms with van der Waals surface area (Å²) >= 11 is 3.58. The van der Waals surface area contributed by atoms with Crippen molar-refractivity contribution in [2.24, 2.45) is 5.92 Å². The summed E-state index contributed by atoms with van der Waals surface area (Å²) in [4.78, 5) is 0. The fraction of sp³-hybridized carbons (Fsp3) is 0.636. The van der Waals surface area contributed by atoms with Crippen LogP contribution in [0.15, 0.2) is 22.4 Å². The Morgan fingerprint density at radius 3 is 2.62 bits per heavy atom. The van der Waals surface area contributed by atoms with Gasteiger partial charge in [0, 0.05) is 6.42 Å². The van der Waals surface area contributed by atoms with Gasteiger partial charge in [0.05, 0.1) is 5.76 Å². The van der Waals surface area contributed by atoms with Crippen molar-refractivity contribution < 1.29 is 4.74 Å². The van der Waals surface area contributed by atoms with E-state index in [2.05, 4.69) is 43.3 Å². The molecular weight excluding hydrogens is 228 g/mol. The predicted molar refractivity (Wildman–Crippen MR) is 59.7 cm³/mol. The van der Waals surface area contributed by atoms with Gasteiger partial charge in [-0.3, -0.25) is 0 Å². The number of allylic oxidation sites excluding steroid dienone is 2. The van der Waals surface area contributed by atoms with Crippen molar-refractivity contribution in [2.45, 2.75) is 39.7 Å². The van der Waals surface area contributed by atoms with Gasteiger partial charge in [0.15, 0.2) is 0 Å². The Morgan fingerprint density at radius 1 is 1.69 bits per heavy atom. The molecule has 1 saturated heterocycles. The van der Waals surface area contributed by atoms with Crippen LogP contribution >= 0.6 is 15.9 Å². The van der Waals surface area contributed by atoms with Crippen molar-refractivity contribution in [3.05, 3.63) is 22.4 Å². The van der Waals surface area contributed by atoms with Crippen LogP contribution in [0.1, 0.15) is 33.6 Å². The summed E-state index contributed by atoms with van der Waals surface area (Å²) in [7, 11) is 0. The molecule has 1 aliphatic heterocycles. The lowest BCUT2D eigenvalue weighted by Gasteiger charge is -2.34. The number of rotatable bonds is 3. The predicted octanol–water partition coefficient (Wildman–Crippen LogP) is 4.00. The van der Waals surface area contributed by atoms with Crippen LogP contribution < -0.4 is 0 Å². The smallest absolute Gasteiger partial charge is 0.108 e. The van der Waals surface area contributed by atoms with E-state index in [1.165, 1.54) is 10.1 Å². The van der Waals surface area contributed by atoms with Crippen molar-refractivity contribution in [1.29, 1.82) is 0 Å². The fourth-order valence-corrected chi connectivity index (χ4v) is 1.88. The molecule has 0 spiro atoms. The molecule has 13 heavy (non-hydrogen) atoms. The Kier molecular flexibility index (Phi) is 3.60. The number of hydrogen-bond donors (Lipinski definition) is 0. The largest absolute Gasteiger partial charge is 0.494 e. The molecule has 0 aliphatic carbocycles. The van der Waals surface area contributed by atoms with E-state index in [1.54, 1.807) is 0 Å². The lowest BCUT2D eigenvalue weighted by atomic mass is 9.93. The average molecular weight is 245 g/mol. The molecule has 0 aromatic carbocycles. The first-order valence-electron chi connectivity index (χ1n) is 4.67. The second-order valence-corrected chi connectivity index (χ2v) is 4.94. The van der Waals surface area contributed by atoms with Gasteiger partial charge in [-0.25, -0.2) is 0 Å². The second kappa shape index (κ2) is 4.32. The maximum absolute atomic E-state index is 5.44. The summed E-state index contributed by atoms with van der Waals surface area (Å²) in [5, 5.41) is 0. The normalized spacial score (nSPS) is 23.1. The number of hydrogen-bond acceptors (Lipinski definition) is 1. The van der Waals surface area contributed by atoms with Gasteiger partial charge < -0.3 is 4.74 Å². The lowest BCUT2D eigenvalue weighted by molar-refractivity contribution is -0.0153. The third kappa shape index (κ3) is 2.87. The standard InChI is InChI=1S/C11H17BrO/c1-7(2)10(12)5-8(3)11-6-9(4)13-11/h8,11H,4-6H2,1-3H3. The summed E-state index contributed by atoms with van der Waals surface area (Å²) < 4.78 is 6.75. The average Bonchev–Trinajstić information content (AvgIpc) is 1.98. The van der Waals surface area contributed by atoms with Crippen LogP contribution in [0.5, 0.6) is 0 Å². The molecule has 74 valence electrons. The highest BCUT2D eigenvalue weighted by Gasteiger charge is 2.28. The summed E-state index contributed by atoms with van der Waals surface area (Å²) in [5.74, 6) is 1.51. The summed E-state index contributed by atoms with van der Waals surface area (Å²) in [6, 6.07) is 0. The van der Waals surface area contributed by atoms with E-state index in [0.29, 0.717) is 12.0 Å². The van der Waals surface area contributed by atoms with Crippen LogP contribution in [0.3, 0.4) is 0 Å². The van der Waals surface area contributed by atoms with E-state index in [0.717, 1.165) is 18.6 Å². The molecule has 1 nitrogen and oxygen atoms in total. The van der Waals surface area contributed by atoms with Gasteiger partial charge in [0.1, 0.15) is 6.10 Å². The minimum Gasteiger partial charge on any atom is -0.494 e. The number of ether oxygens (including phenoxy) is 1. The lowest BCUT2D eigenvalue weighted by Crippen LogP contribution is -2.31. The SMILES string of the molecule is C=C1CC(C(C)CC(Br)=C(C)C)O1. The van der Waals surface area contributed by atoms with E-state index < -0.39 is 0 Å². The molecule has 1 fully saturated rings. The van der Waals surface area contributed by atoms with Crippen LogP contribution in [0.2, 0.25) is 0 Å². The molecule has 2 heteroatoms. The highest BCUT2D eigenvalue weighted by atomic mass is 79.9. The van der Waals surface area contributed by atoms with Crippen molar-refractivity contribution in [3.8, 4) is 0 Å². The molecule has 0 radical (unpaired) electrons. The van der Waals surface area contributed by atoms with Gasteiger partial charge in [-0.2, -0.15) is 0 Å². The van der Waals surface area contributed by atoms with Gasteiger partial charge in [-0.05, 0) is 30.7 Å². The molecule has 0 amide bonds. The fourth-order valence-electron chi connectivity index (χ4n) is 1.36. The minimum absolute atomic E-state index is 0.388. The Bertz CT molecular complexity index is 230. The minimum atomic E-state index is 0.388. The van der Waals surface area contributed by atoms with Crippen molar-refractivity contribution in [3.63, 3.8) is 0 Å². The van der Waals surface area contributed by atoms with Gasteiger partial charge in [-0.1, -0.05) is 35.0 Å². The molecular formula is C11H17BrO. The van der Waals surface area contributed by atoms with Crippen LogP contribution in [-0.4, -0.2) is 6.10 Å². The van der Waals surface area contributed by atoms with Crippen molar-refractivity contribution in [2.75, 3.05) is 0 Å². The molecule has 2 unspecified atom stereocenters. The van der Waals surface area contributed by atoms with E-state index in [1.807, 2.05) is 0 Å². The Labute approximate surface area is 89.0 Å². The topological polar surface area (TPSA) is 9.23 Å². The van der Waals surface area contributed by atoms with Crippen LogP contribution in [0, 0.1) is 5.92 Å². The molecule has 2 atom stereocenters. The molecule has 1 heterocycles. The van der Waals surface area contributed by atoms with Gasteiger partial charge in [0.25, 0.3) is 0 Å². The molecule has 0 saturated carbocycles. The van der Waals surface area contributed by atoms with Crippen LogP contribution in [-0.2, 0) is 4.74 Å².